The Morgan fingerprint density at radius 2 is 2.18 bits per heavy atom. The van der Waals surface area contributed by atoms with Gasteiger partial charge in [-0.3, -0.25) is 15.0 Å². The second kappa shape index (κ2) is 2.72. The number of H-pyrrole nitrogens is 2. The average Bonchev–Trinajstić information content (AvgIpc) is 2.30. The van der Waals surface area contributed by atoms with Crippen molar-refractivity contribution in [2.45, 2.75) is 0 Å². The number of hydrazine groups is 1. The highest BCUT2D eigenvalue weighted by Gasteiger charge is 2.10. The summed E-state index contributed by atoms with van der Waals surface area (Å²) in [6.45, 7) is 0. The molecule has 0 aliphatic heterocycles. The first kappa shape index (κ1) is 7.76. The Morgan fingerprint density at radius 1 is 1.55 bits per heavy atom. The Labute approximate surface area is 66.9 Å². The number of thiocarbonyl (C=S) groups is 1. The van der Waals surface area contributed by atoms with Gasteiger partial charge in [0.15, 0.2) is 0 Å². The minimum absolute atomic E-state index is 0.116. The summed E-state index contributed by atoms with van der Waals surface area (Å²) < 4.78 is 0. The summed E-state index contributed by atoms with van der Waals surface area (Å²) in [6.07, 6.45) is 0. The lowest BCUT2D eigenvalue weighted by Gasteiger charge is -1.96. The molecule has 0 saturated heterocycles. The number of rotatable bonds is 1. The number of nitrogens with two attached hydrogens (primary N) is 2. The average molecular weight is 173 g/mol. The van der Waals surface area contributed by atoms with Crippen LogP contribution in [0, 0.1) is 0 Å². The highest BCUT2D eigenvalue weighted by atomic mass is 32.1. The quantitative estimate of drug-likeness (QED) is 0.200. The van der Waals surface area contributed by atoms with Gasteiger partial charge in [-0.25, -0.2) is 5.84 Å². The minimum atomic E-state index is -0.384. The molecule has 1 aromatic heterocycles. The second-order valence-corrected chi connectivity index (χ2v) is 2.25. The third-order valence-corrected chi connectivity index (χ3v) is 1.49. The highest BCUT2D eigenvalue weighted by molar-refractivity contribution is 7.80. The van der Waals surface area contributed by atoms with Crippen molar-refractivity contribution in [1.82, 2.24) is 15.6 Å². The van der Waals surface area contributed by atoms with Gasteiger partial charge < -0.3 is 11.2 Å². The van der Waals surface area contributed by atoms with Gasteiger partial charge in [0.25, 0.3) is 5.56 Å². The number of nitrogens with one attached hydrogen (secondary N) is 3. The van der Waals surface area contributed by atoms with Crippen LogP contribution >= 0.6 is 12.2 Å². The summed E-state index contributed by atoms with van der Waals surface area (Å²) in [7, 11) is 0. The van der Waals surface area contributed by atoms with Crippen LogP contribution in [-0.4, -0.2) is 15.2 Å². The van der Waals surface area contributed by atoms with Crippen LogP contribution in [-0.2, 0) is 0 Å². The Morgan fingerprint density at radius 3 is 2.55 bits per heavy atom. The molecule has 0 amide bonds. The van der Waals surface area contributed by atoms with Crippen LogP contribution in [0.15, 0.2) is 4.79 Å². The Hall–Kier alpha value is -1.34. The molecule has 1 rings (SSSR count). The molecule has 0 aliphatic rings. The molecule has 0 unspecified atom stereocenters. The van der Waals surface area contributed by atoms with Gasteiger partial charge in [0, 0.05) is 0 Å². The molecule has 0 radical (unpaired) electrons. The molecule has 11 heavy (non-hydrogen) atoms. The molecule has 0 aromatic carbocycles. The molecule has 6 nitrogen and oxygen atoms in total. The molecule has 60 valence electrons. The number of aromatic nitrogens is 2. The van der Waals surface area contributed by atoms with Crippen LogP contribution in [0.2, 0.25) is 0 Å². The SMILES string of the molecule is NNC(=S)c1c(N)[nH][nH]c1=O. The standard InChI is InChI=1S/C4H7N5OS/c5-2-1(4(11)7-6)3(10)9-8-2/h6H2,(H,7,11)(H4,5,8,9,10). The van der Waals surface area contributed by atoms with E-state index < -0.39 is 0 Å². The van der Waals surface area contributed by atoms with Gasteiger partial charge in [-0.2, -0.15) is 0 Å². The van der Waals surface area contributed by atoms with Crippen LogP contribution in [0.25, 0.3) is 0 Å². The monoisotopic (exact) mass is 173 g/mol. The molecule has 1 heterocycles. The fourth-order valence-corrected chi connectivity index (χ4v) is 0.872. The molecule has 0 fully saturated rings. The molecule has 0 bridgehead atoms. The van der Waals surface area contributed by atoms with E-state index in [1.165, 1.54) is 0 Å². The summed E-state index contributed by atoms with van der Waals surface area (Å²) in [5.41, 5.74) is 7.29. The van der Waals surface area contributed by atoms with Gasteiger partial charge in [0.05, 0.1) is 0 Å². The zero-order chi connectivity index (χ0) is 8.43. The lowest BCUT2D eigenvalue weighted by molar-refractivity contribution is 1.04. The maximum Gasteiger partial charge on any atom is 0.276 e. The highest BCUT2D eigenvalue weighted by Crippen LogP contribution is 1.99. The zero-order valence-corrected chi connectivity index (χ0v) is 6.29. The van der Waals surface area contributed by atoms with Crippen LogP contribution in [0.1, 0.15) is 5.56 Å². The maximum absolute atomic E-state index is 10.9. The molecule has 0 atom stereocenters. The molecular weight excluding hydrogens is 166 g/mol. The predicted molar refractivity (Wildman–Crippen MR) is 44.8 cm³/mol. The van der Waals surface area contributed by atoms with E-state index >= 15 is 0 Å². The van der Waals surface area contributed by atoms with Crippen molar-refractivity contribution in [1.29, 1.82) is 0 Å². The number of hydrogen-bond donors (Lipinski definition) is 5. The van der Waals surface area contributed by atoms with Crippen molar-refractivity contribution in [3.8, 4) is 0 Å². The first-order chi connectivity index (χ1) is 5.16. The van der Waals surface area contributed by atoms with Crippen molar-refractivity contribution in [2.75, 3.05) is 5.73 Å². The van der Waals surface area contributed by atoms with Crippen LogP contribution in [0.3, 0.4) is 0 Å². The summed E-state index contributed by atoms with van der Waals surface area (Å²) in [5.74, 6) is 5.17. The van der Waals surface area contributed by atoms with E-state index in [0.29, 0.717) is 0 Å². The van der Waals surface area contributed by atoms with Crippen molar-refractivity contribution in [3.05, 3.63) is 15.9 Å². The number of aromatic amines is 2. The maximum atomic E-state index is 10.9. The summed E-state index contributed by atoms with van der Waals surface area (Å²) in [5, 5.41) is 4.67. The van der Waals surface area contributed by atoms with Crippen molar-refractivity contribution >= 4 is 23.0 Å². The third-order valence-electron chi connectivity index (χ3n) is 1.17. The van der Waals surface area contributed by atoms with E-state index in [9.17, 15) is 4.79 Å². The molecular formula is C4H7N5OS. The largest absolute Gasteiger partial charge is 0.383 e. The van der Waals surface area contributed by atoms with E-state index in [-0.39, 0.29) is 21.9 Å². The summed E-state index contributed by atoms with van der Waals surface area (Å²) in [6, 6.07) is 0. The first-order valence-corrected chi connectivity index (χ1v) is 3.14. The van der Waals surface area contributed by atoms with E-state index in [0.717, 1.165) is 0 Å². The fourth-order valence-electron chi connectivity index (χ4n) is 0.669. The predicted octanol–water partition coefficient (Wildman–Crippen LogP) is -1.58. The molecule has 0 spiro atoms. The molecule has 7 N–H and O–H groups in total. The van der Waals surface area contributed by atoms with Gasteiger partial charge in [-0.05, 0) is 0 Å². The first-order valence-electron chi connectivity index (χ1n) is 2.74. The van der Waals surface area contributed by atoms with Crippen LogP contribution in [0.5, 0.6) is 0 Å². The van der Waals surface area contributed by atoms with E-state index in [1.54, 1.807) is 0 Å². The number of hydrogen-bond acceptors (Lipinski definition) is 4. The number of nitrogen functional groups attached to an aromatic ring is 1. The van der Waals surface area contributed by atoms with Crippen molar-refractivity contribution in [3.63, 3.8) is 0 Å². The molecule has 1 aromatic rings. The van der Waals surface area contributed by atoms with Crippen LogP contribution in [0.4, 0.5) is 5.82 Å². The Balaban J connectivity index is 3.21. The van der Waals surface area contributed by atoms with Gasteiger partial charge in [-0.15, -0.1) is 0 Å². The van der Waals surface area contributed by atoms with E-state index in [4.69, 9.17) is 23.8 Å². The third kappa shape index (κ3) is 1.23. The van der Waals surface area contributed by atoms with Crippen molar-refractivity contribution in [2.24, 2.45) is 5.84 Å². The summed E-state index contributed by atoms with van der Waals surface area (Å²) in [4.78, 5) is 11.0. The van der Waals surface area contributed by atoms with E-state index in [2.05, 4.69) is 15.6 Å². The zero-order valence-electron chi connectivity index (χ0n) is 5.47. The van der Waals surface area contributed by atoms with Gasteiger partial charge >= 0.3 is 0 Å². The van der Waals surface area contributed by atoms with Gasteiger partial charge in [0.2, 0.25) is 0 Å². The minimum Gasteiger partial charge on any atom is -0.383 e. The van der Waals surface area contributed by atoms with Gasteiger partial charge in [0.1, 0.15) is 16.4 Å². The topological polar surface area (TPSA) is 113 Å². The second-order valence-electron chi connectivity index (χ2n) is 1.84. The fraction of sp³-hybridized carbons (Fsp3) is 0. The van der Waals surface area contributed by atoms with E-state index in [1.807, 2.05) is 0 Å². The Bertz CT molecular complexity index is 325. The smallest absolute Gasteiger partial charge is 0.276 e. The lowest BCUT2D eigenvalue weighted by Crippen LogP contribution is -2.32. The number of anilines is 1. The Kier molecular flexibility index (Phi) is 1.92. The summed E-state index contributed by atoms with van der Waals surface area (Å²) >= 11 is 4.69. The lowest BCUT2D eigenvalue weighted by atomic mass is 10.3. The molecule has 7 heteroatoms. The van der Waals surface area contributed by atoms with Gasteiger partial charge in [-0.1, -0.05) is 12.2 Å². The molecule has 0 saturated carbocycles. The van der Waals surface area contributed by atoms with Crippen molar-refractivity contribution < 1.29 is 0 Å². The molecule has 0 aliphatic carbocycles. The normalized spacial score (nSPS) is 9.55. The van der Waals surface area contributed by atoms with Crippen LogP contribution < -0.4 is 22.6 Å².